The van der Waals surface area contributed by atoms with Crippen molar-refractivity contribution in [2.24, 2.45) is 7.05 Å². The van der Waals surface area contributed by atoms with Crippen molar-refractivity contribution in [1.29, 1.82) is 0 Å². The third-order valence-corrected chi connectivity index (χ3v) is 13.3. The number of hydrogen-bond donors (Lipinski definition) is 0. The monoisotopic (exact) mass is 1140 g/mol. The maximum atomic E-state index is 5.81. The van der Waals surface area contributed by atoms with E-state index in [0.717, 1.165) is 11.2 Å². The summed E-state index contributed by atoms with van der Waals surface area (Å²) in [5.41, 5.74) is 12.4. The van der Waals surface area contributed by atoms with Crippen molar-refractivity contribution < 1.29 is 4.42 Å². The number of aryl methyl sites for hydroxylation is 7. The number of furan rings is 1. The molecule has 0 atom stereocenters. The molecule has 0 bridgehead atoms. The molecule has 0 aliphatic rings. The van der Waals surface area contributed by atoms with Crippen molar-refractivity contribution in [3.63, 3.8) is 0 Å². The second kappa shape index (κ2) is 44.1. The average molecular weight is 1140 g/mol. The fourth-order valence-corrected chi connectivity index (χ4v) is 9.97. The number of hydrogen-bond acceptors (Lipinski definition) is 2. The number of aromatic nitrogens is 1. The Morgan fingerprint density at radius 1 is 0.250 bits per heavy atom. The van der Waals surface area contributed by atoms with Crippen LogP contribution in [0.4, 0.5) is 0 Å². The fraction of sp³-hybridized carbons (Fsp3) is 0.309. The highest BCUT2D eigenvalue weighted by Crippen LogP contribution is 2.35. The first kappa shape index (κ1) is 76.5. The molecule has 3 heterocycles. The van der Waals surface area contributed by atoms with Crippen LogP contribution in [0.3, 0.4) is 0 Å². The van der Waals surface area contributed by atoms with Gasteiger partial charge in [0.15, 0.2) is 0 Å². The fourth-order valence-electron chi connectivity index (χ4n) is 8.67. The third-order valence-electron chi connectivity index (χ3n) is 12.2. The molecule has 10 aromatic carbocycles. The summed E-state index contributed by atoms with van der Waals surface area (Å²) in [7, 11) is 2.14. The summed E-state index contributed by atoms with van der Waals surface area (Å²) in [4.78, 5) is 0. The largest absolute Gasteiger partial charge is 0.456 e. The Kier molecular flexibility index (Phi) is 40.2. The molecule has 13 rings (SSSR count). The molecule has 3 aromatic heterocycles. The minimum Gasteiger partial charge on any atom is -0.456 e. The van der Waals surface area contributed by atoms with Gasteiger partial charge in [0.25, 0.3) is 0 Å². The Hall–Kier alpha value is -7.46. The Morgan fingerprint density at radius 3 is 0.726 bits per heavy atom. The molecule has 0 amide bonds. The van der Waals surface area contributed by atoms with Crippen molar-refractivity contribution in [1.82, 2.24) is 4.57 Å². The molecule has 450 valence electrons. The molecule has 0 aliphatic carbocycles. The van der Waals surface area contributed by atoms with Crippen molar-refractivity contribution in [2.45, 2.75) is 166 Å². The van der Waals surface area contributed by atoms with Crippen LogP contribution in [0.1, 0.15) is 158 Å². The van der Waals surface area contributed by atoms with Crippen molar-refractivity contribution in [3.05, 3.63) is 240 Å². The number of benzene rings is 10. The Morgan fingerprint density at radius 2 is 0.464 bits per heavy atom. The normalized spacial score (nSPS) is 9.25. The summed E-state index contributed by atoms with van der Waals surface area (Å²) in [6, 6.07) is 72.8. The molecule has 0 saturated heterocycles. The molecular formula is C81H109NOS. The Bertz CT molecular complexity index is 3320. The van der Waals surface area contributed by atoms with Crippen LogP contribution >= 0.6 is 11.3 Å². The predicted octanol–water partition coefficient (Wildman–Crippen LogP) is 27.7. The second-order valence-corrected chi connectivity index (χ2v) is 18.6. The molecular weight excluding hydrogens is 1030 g/mol. The van der Waals surface area contributed by atoms with Crippen LogP contribution in [0.5, 0.6) is 0 Å². The highest BCUT2D eigenvalue weighted by molar-refractivity contribution is 7.25. The number of rotatable bonds is 0. The highest BCUT2D eigenvalue weighted by atomic mass is 32.1. The number of nitrogens with zero attached hydrogens (tertiary/aromatic N) is 1. The Balaban J connectivity index is 0.000000967. The predicted molar refractivity (Wildman–Crippen MR) is 392 cm³/mol. The van der Waals surface area contributed by atoms with Crippen LogP contribution in [0.15, 0.2) is 211 Å². The van der Waals surface area contributed by atoms with Crippen LogP contribution in [0.2, 0.25) is 0 Å². The van der Waals surface area contributed by atoms with Crippen LogP contribution in [0, 0.1) is 41.5 Å². The van der Waals surface area contributed by atoms with Gasteiger partial charge in [0.1, 0.15) is 11.2 Å². The molecule has 3 heteroatoms. The van der Waals surface area contributed by atoms with E-state index in [1.807, 2.05) is 136 Å². The van der Waals surface area contributed by atoms with Crippen LogP contribution in [-0.4, -0.2) is 4.57 Å². The minimum absolute atomic E-state index is 0.982. The van der Waals surface area contributed by atoms with Crippen LogP contribution in [0.25, 0.3) is 85.5 Å². The van der Waals surface area contributed by atoms with Gasteiger partial charge in [-0.2, -0.15) is 0 Å². The number of fused-ring (bicyclic) bond motifs is 11. The lowest BCUT2D eigenvalue weighted by Gasteiger charge is -1.99. The van der Waals surface area contributed by atoms with Gasteiger partial charge in [-0.3, -0.25) is 0 Å². The second-order valence-electron chi connectivity index (χ2n) is 17.5. The first-order chi connectivity index (χ1) is 41.1. The van der Waals surface area contributed by atoms with Crippen molar-refractivity contribution >= 4 is 96.8 Å². The molecule has 0 saturated carbocycles. The van der Waals surface area contributed by atoms with Gasteiger partial charge in [-0.1, -0.05) is 294 Å². The van der Waals surface area contributed by atoms with Gasteiger partial charge in [0.2, 0.25) is 0 Å². The van der Waals surface area contributed by atoms with Gasteiger partial charge < -0.3 is 8.98 Å². The maximum Gasteiger partial charge on any atom is 0.135 e. The first-order valence-corrected chi connectivity index (χ1v) is 32.5. The van der Waals surface area contributed by atoms with E-state index in [4.69, 9.17) is 4.42 Å². The molecule has 0 spiro atoms. The molecule has 0 fully saturated rings. The lowest BCUT2D eigenvalue weighted by atomic mass is 10.1. The van der Waals surface area contributed by atoms with E-state index in [2.05, 4.69) is 259 Å². The Labute approximate surface area is 515 Å². The molecule has 2 nitrogen and oxygen atoms in total. The van der Waals surface area contributed by atoms with Gasteiger partial charge in [0, 0.05) is 59.8 Å². The van der Waals surface area contributed by atoms with Crippen molar-refractivity contribution in [3.8, 4) is 0 Å². The SMILES string of the molecule is CC.CC.CC.CC.CC.CC.CC.CC.CC.Cc1ccc2c(c1)oc1cc(C)ccc12.Cc1ccc2c(c1)sc1cc(C)ccc12.Cc1ccc2c3ccc(C)cc3n(C)c2c1.c1ccc2ccccc2c1.c1ccc2ccccc2c1. The van der Waals surface area contributed by atoms with Crippen molar-refractivity contribution in [2.75, 3.05) is 0 Å². The molecule has 84 heavy (non-hydrogen) atoms. The maximum absolute atomic E-state index is 5.81. The quantitative estimate of drug-likeness (QED) is 0.148. The van der Waals surface area contributed by atoms with Crippen LogP contribution in [-0.2, 0) is 7.05 Å². The summed E-state index contributed by atoms with van der Waals surface area (Å²) >= 11 is 1.89. The molecule has 0 N–H and O–H groups in total. The van der Waals surface area contributed by atoms with E-state index in [0.29, 0.717) is 0 Å². The van der Waals surface area contributed by atoms with Gasteiger partial charge in [-0.25, -0.2) is 0 Å². The summed E-state index contributed by atoms with van der Waals surface area (Å²) in [6.07, 6.45) is 0. The topological polar surface area (TPSA) is 18.1 Å². The van der Waals surface area contributed by atoms with E-state index >= 15 is 0 Å². The lowest BCUT2D eigenvalue weighted by Crippen LogP contribution is -1.87. The minimum atomic E-state index is 0.982. The van der Waals surface area contributed by atoms with Gasteiger partial charge in [0.05, 0.1) is 0 Å². The zero-order valence-electron chi connectivity index (χ0n) is 56.9. The molecule has 0 unspecified atom stereocenters. The highest BCUT2D eigenvalue weighted by Gasteiger charge is 2.09. The average Bonchev–Trinajstić information content (AvgIpc) is 4.41. The summed E-state index contributed by atoms with van der Waals surface area (Å²) in [5, 5.41) is 13.1. The zero-order chi connectivity index (χ0) is 63.7. The standard InChI is InChI=1S/C15H15N.C14H12O.C14H12S.2C10H8.9C2H6/c1-10-4-6-12-13-7-5-11(2)9-15(13)16(3)14(12)8-10;2*1-9-3-5-11-12-6-4-10(2)8-14(12)15-13(11)7-9;2*1-2-6-10-8-4-3-7-9(10)5-1;9*1-2/h4-9H,1-3H3;2*3-8H,1-2H3;2*1-8H;9*1-2H3. The van der Waals surface area contributed by atoms with E-state index in [9.17, 15) is 0 Å². The van der Waals surface area contributed by atoms with E-state index in [1.54, 1.807) is 0 Å². The van der Waals surface area contributed by atoms with E-state index in [1.165, 1.54) is 108 Å². The first-order valence-electron chi connectivity index (χ1n) is 31.7. The summed E-state index contributed by atoms with van der Waals surface area (Å²) in [6.45, 7) is 48.7. The molecule has 13 aromatic rings. The lowest BCUT2D eigenvalue weighted by molar-refractivity contribution is 0.668. The molecule has 0 radical (unpaired) electrons. The number of thiophene rings is 1. The van der Waals surface area contributed by atoms with Crippen LogP contribution < -0.4 is 0 Å². The van der Waals surface area contributed by atoms with Gasteiger partial charge in [-0.05, 0) is 133 Å². The van der Waals surface area contributed by atoms with Gasteiger partial charge >= 0.3 is 0 Å². The smallest absolute Gasteiger partial charge is 0.135 e. The zero-order valence-corrected chi connectivity index (χ0v) is 57.7. The summed E-state index contributed by atoms with van der Waals surface area (Å²) in [5.74, 6) is 0. The van der Waals surface area contributed by atoms with Gasteiger partial charge in [-0.15, -0.1) is 11.3 Å². The third kappa shape index (κ3) is 22.3. The molecule has 0 aliphatic heterocycles. The van der Waals surface area contributed by atoms with E-state index < -0.39 is 0 Å². The summed E-state index contributed by atoms with van der Waals surface area (Å²) < 4.78 is 10.9. The van der Waals surface area contributed by atoms with E-state index in [-0.39, 0.29) is 0 Å².